The first-order chi connectivity index (χ1) is 11.5. The average Bonchev–Trinajstić information content (AvgIpc) is 2.56. The topological polar surface area (TPSA) is 60.0 Å². The van der Waals surface area contributed by atoms with E-state index in [1.165, 1.54) is 11.3 Å². The van der Waals surface area contributed by atoms with Crippen LogP contribution in [0.25, 0.3) is 0 Å². The summed E-state index contributed by atoms with van der Waals surface area (Å²) in [6.07, 6.45) is 0.456. The van der Waals surface area contributed by atoms with Crippen LogP contribution in [-0.2, 0) is 4.79 Å². The Bertz CT molecular complexity index is 548. The van der Waals surface area contributed by atoms with Crippen molar-refractivity contribution in [2.45, 2.75) is 20.3 Å². The number of hydrogen-bond donors (Lipinski definition) is 2. The highest BCUT2D eigenvalue weighted by atomic mass is 127. The fraction of sp³-hybridized carbons (Fsp3) is 0.556. The van der Waals surface area contributed by atoms with Crippen LogP contribution in [0.4, 0.5) is 5.69 Å². The molecule has 7 heteroatoms. The summed E-state index contributed by atoms with van der Waals surface area (Å²) in [5.74, 6) is 0.830. The van der Waals surface area contributed by atoms with Gasteiger partial charge >= 0.3 is 0 Å². The van der Waals surface area contributed by atoms with Gasteiger partial charge in [0.15, 0.2) is 5.96 Å². The van der Waals surface area contributed by atoms with Crippen LogP contribution in [0.15, 0.2) is 29.3 Å². The molecule has 0 unspecified atom stereocenters. The summed E-state index contributed by atoms with van der Waals surface area (Å²) in [5, 5.41) is 6.46. The fourth-order valence-corrected chi connectivity index (χ4v) is 2.34. The molecule has 0 saturated heterocycles. The summed E-state index contributed by atoms with van der Waals surface area (Å²) in [6.45, 7) is 7.46. The van der Waals surface area contributed by atoms with Gasteiger partial charge in [-0.25, -0.2) is 0 Å². The number of nitrogens with zero attached hydrogens (tertiary/aromatic N) is 3. The number of carbonyl (C=O) groups excluding carboxylic acids is 1. The molecule has 0 aliphatic carbocycles. The summed E-state index contributed by atoms with van der Waals surface area (Å²) in [5.41, 5.74) is 2.50. The molecule has 1 rings (SSSR count). The highest BCUT2D eigenvalue weighted by Crippen LogP contribution is 2.14. The Morgan fingerprint density at radius 2 is 1.88 bits per heavy atom. The van der Waals surface area contributed by atoms with Gasteiger partial charge in [0.05, 0.1) is 0 Å². The third kappa shape index (κ3) is 8.94. The number of aryl methyl sites for hydroxylation is 1. The molecular weight excluding hydrogens is 429 g/mol. The van der Waals surface area contributed by atoms with Crippen LogP contribution in [0.2, 0.25) is 0 Å². The normalized spacial score (nSPS) is 10.7. The van der Waals surface area contributed by atoms with E-state index in [2.05, 4.69) is 58.6 Å². The van der Waals surface area contributed by atoms with Gasteiger partial charge in [-0.05, 0) is 31.5 Å². The first kappa shape index (κ1) is 23.5. The Labute approximate surface area is 169 Å². The van der Waals surface area contributed by atoms with Gasteiger partial charge in [-0.2, -0.15) is 0 Å². The molecule has 0 radical (unpaired) electrons. The van der Waals surface area contributed by atoms with Crippen molar-refractivity contribution in [1.82, 2.24) is 15.5 Å². The summed E-state index contributed by atoms with van der Waals surface area (Å²) < 4.78 is 0. The molecule has 0 aromatic heterocycles. The number of benzene rings is 1. The van der Waals surface area contributed by atoms with E-state index in [-0.39, 0.29) is 29.9 Å². The Kier molecular flexibility index (Phi) is 12.0. The zero-order valence-corrected chi connectivity index (χ0v) is 18.3. The molecule has 1 aromatic carbocycles. The highest BCUT2D eigenvalue weighted by Gasteiger charge is 2.06. The van der Waals surface area contributed by atoms with Crippen LogP contribution in [0.3, 0.4) is 0 Å². The van der Waals surface area contributed by atoms with Crippen molar-refractivity contribution in [1.29, 1.82) is 0 Å². The molecule has 0 spiro atoms. The van der Waals surface area contributed by atoms with Crippen molar-refractivity contribution in [3.8, 4) is 0 Å². The Morgan fingerprint density at radius 3 is 2.44 bits per heavy atom. The molecule has 0 saturated carbocycles. The van der Waals surface area contributed by atoms with Crippen LogP contribution in [0.5, 0.6) is 0 Å². The first-order valence-corrected chi connectivity index (χ1v) is 8.44. The molecular formula is C18H32IN5O. The standard InChI is InChI=1S/C18H31N5O.HI/c1-6-23(16-9-7-8-15(2)14-16)13-12-21-18(19-3)20-11-10-17(24)22(4)5;/h7-9,14H,6,10-13H2,1-5H3,(H2,19,20,21);1H. The van der Waals surface area contributed by atoms with Crippen LogP contribution in [0, 0.1) is 6.92 Å². The molecule has 142 valence electrons. The minimum absolute atomic E-state index is 0. The molecule has 25 heavy (non-hydrogen) atoms. The van der Waals surface area contributed by atoms with E-state index in [1.54, 1.807) is 26.0 Å². The van der Waals surface area contributed by atoms with Crippen molar-refractivity contribution in [2.24, 2.45) is 4.99 Å². The summed E-state index contributed by atoms with van der Waals surface area (Å²) in [6, 6.07) is 8.53. The molecule has 0 atom stereocenters. The van der Waals surface area contributed by atoms with Crippen molar-refractivity contribution >= 4 is 41.5 Å². The number of likely N-dealkylation sites (N-methyl/N-ethyl adjacent to an activating group) is 1. The van der Waals surface area contributed by atoms with E-state index in [9.17, 15) is 4.79 Å². The predicted octanol–water partition coefficient (Wildman–Crippen LogP) is 2.08. The Balaban J connectivity index is 0.00000576. The molecule has 1 amide bonds. The maximum absolute atomic E-state index is 11.6. The number of aliphatic imine (C=N–C) groups is 1. The second-order valence-corrected chi connectivity index (χ2v) is 5.88. The second-order valence-electron chi connectivity index (χ2n) is 5.88. The number of carbonyl (C=O) groups is 1. The lowest BCUT2D eigenvalue weighted by Gasteiger charge is -2.24. The van der Waals surface area contributed by atoms with Gasteiger partial charge in [0.1, 0.15) is 0 Å². The second kappa shape index (κ2) is 12.8. The number of halogens is 1. The lowest BCUT2D eigenvalue weighted by Crippen LogP contribution is -2.42. The van der Waals surface area contributed by atoms with Gasteiger partial charge in [-0.3, -0.25) is 9.79 Å². The monoisotopic (exact) mass is 461 g/mol. The minimum atomic E-state index is 0. The predicted molar refractivity (Wildman–Crippen MR) is 117 cm³/mol. The van der Waals surface area contributed by atoms with Crippen LogP contribution < -0.4 is 15.5 Å². The number of rotatable bonds is 8. The maximum Gasteiger partial charge on any atom is 0.223 e. The van der Waals surface area contributed by atoms with Crippen molar-refractivity contribution in [3.63, 3.8) is 0 Å². The molecule has 0 aliphatic heterocycles. The van der Waals surface area contributed by atoms with Gasteiger partial charge in [0, 0.05) is 59.4 Å². The van der Waals surface area contributed by atoms with E-state index in [0.29, 0.717) is 13.0 Å². The summed E-state index contributed by atoms with van der Waals surface area (Å²) in [7, 11) is 5.27. The van der Waals surface area contributed by atoms with Gasteiger partial charge in [-0.15, -0.1) is 24.0 Å². The largest absolute Gasteiger partial charge is 0.370 e. The zero-order valence-electron chi connectivity index (χ0n) is 16.0. The van der Waals surface area contributed by atoms with Gasteiger partial charge in [0.2, 0.25) is 5.91 Å². The highest BCUT2D eigenvalue weighted by molar-refractivity contribution is 14.0. The summed E-state index contributed by atoms with van der Waals surface area (Å²) >= 11 is 0. The van der Waals surface area contributed by atoms with E-state index in [4.69, 9.17) is 0 Å². The molecule has 0 heterocycles. The summed E-state index contributed by atoms with van der Waals surface area (Å²) in [4.78, 5) is 19.7. The number of hydrogen-bond acceptors (Lipinski definition) is 3. The number of nitrogens with one attached hydrogen (secondary N) is 2. The van der Waals surface area contributed by atoms with E-state index < -0.39 is 0 Å². The number of amides is 1. The maximum atomic E-state index is 11.6. The van der Waals surface area contributed by atoms with Gasteiger partial charge < -0.3 is 20.4 Å². The van der Waals surface area contributed by atoms with Crippen LogP contribution >= 0.6 is 24.0 Å². The van der Waals surface area contributed by atoms with Gasteiger partial charge in [-0.1, -0.05) is 12.1 Å². The Hall–Kier alpha value is -1.51. The molecule has 2 N–H and O–H groups in total. The molecule has 1 aromatic rings. The van der Waals surface area contributed by atoms with E-state index in [0.717, 1.165) is 25.6 Å². The van der Waals surface area contributed by atoms with E-state index >= 15 is 0 Å². The SMILES string of the molecule is CCN(CCNC(=NC)NCCC(=O)N(C)C)c1cccc(C)c1.I. The minimum Gasteiger partial charge on any atom is -0.370 e. The molecule has 6 nitrogen and oxygen atoms in total. The van der Waals surface area contributed by atoms with Crippen molar-refractivity contribution in [3.05, 3.63) is 29.8 Å². The van der Waals surface area contributed by atoms with Crippen molar-refractivity contribution < 1.29 is 4.79 Å². The number of anilines is 1. The molecule has 0 aliphatic rings. The smallest absolute Gasteiger partial charge is 0.223 e. The average molecular weight is 461 g/mol. The lowest BCUT2D eigenvalue weighted by atomic mass is 10.2. The van der Waals surface area contributed by atoms with Crippen LogP contribution in [-0.4, -0.2) is 64.1 Å². The lowest BCUT2D eigenvalue weighted by molar-refractivity contribution is -0.128. The number of guanidine groups is 1. The van der Waals surface area contributed by atoms with Crippen LogP contribution in [0.1, 0.15) is 18.9 Å². The quantitative estimate of drug-likeness (QED) is 0.354. The first-order valence-electron chi connectivity index (χ1n) is 8.44. The fourth-order valence-electron chi connectivity index (χ4n) is 2.34. The molecule has 0 bridgehead atoms. The molecule has 0 fully saturated rings. The Morgan fingerprint density at radius 1 is 1.20 bits per heavy atom. The third-order valence-corrected chi connectivity index (χ3v) is 3.78. The third-order valence-electron chi connectivity index (χ3n) is 3.78. The van der Waals surface area contributed by atoms with Crippen molar-refractivity contribution in [2.75, 3.05) is 52.2 Å². The zero-order chi connectivity index (χ0) is 17.9. The van der Waals surface area contributed by atoms with Gasteiger partial charge in [0.25, 0.3) is 0 Å². The van der Waals surface area contributed by atoms with E-state index in [1.807, 2.05) is 0 Å².